The van der Waals surface area contributed by atoms with Crippen LogP contribution in [0.25, 0.3) is 0 Å². The highest BCUT2D eigenvalue weighted by Gasteiger charge is 2.49. The van der Waals surface area contributed by atoms with E-state index in [0.717, 1.165) is 0 Å². The first-order valence-electron chi connectivity index (χ1n) is 3.70. The molecular formula is C7H11ClO3. The summed E-state index contributed by atoms with van der Waals surface area (Å²) in [6.07, 6.45) is -0.0702. The summed E-state index contributed by atoms with van der Waals surface area (Å²) in [5.74, 6) is -0.494. The molecule has 2 aliphatic heterocycles. The fraction of sp³-hybridized carbons (Fsp3) is 1.00. The molecule has 3 atom stereocenters. The van der Waals surface area contributed by atoms with Crippen molar-refractivity contribution in [2.75, 3.05) is 6.61 Å². The molecule has 2 fully saturated rings. The Hall–Kier alpha value is 0.170. The summed E-state index contributed by atoms with van der Waals surface area (Å²) in [6.45, 7) is 4.31. The Bertz CT molecular complexity index is 171. The topological polar surface area (TPSA) is 27.7 Å². The van der Waals surface area contributed by atoms with Gasteiger partial charge in [-0.3, -0.25) is 0 Å². The first kappa shape index (κ1) is 7.80. The Kier molecular flexibility index (Phi) is 1.65. The Morgan fingerprint density at radius 2 is 2.09 bits per heavy atom. The molecule has 0 amide bonds. The van der Waals surface area contributed by atoms with E-state index >= 15 is 0 Å². The average Bonchev–Trinajstić information content (AvgIpc) is 2.31. The van der Waals surface area contributed by atoms with Gasteiger partial charge in [-0.1, -0.05) is 11.6 Å². The molecule has 0 aromatic heterocycles. The lowest BCUT2D eigenvalue weighted by molar-refractivity contribution is -0.168. The number of fused-ring (bicyclic) bond motifs is 1. The highest BCUT2D eigenvalue weighted by atomic mass is 35.5. The van der Waals surface area contributed by atoms with Crippen LogP contribution in [0.2, 0.25) is 0 Å². The molecule has 0 aliphatic carbocycles. The smallest absolute Gasteiger partial charge is 0.164 e. The van der Waals surface area contributed by atoms with Crippen LogP contribution in [-0.2, 0) is 14.2 Å². The van der Waals surface area contributed by atoms with Gasteiger partial charge < -0.3 is 14.2 Å². The number of hydrogen-bond acceptors (Lipinski definition) is 3. The summed E-state index contributed by atoms with van der Waals surface area (Å²) in [5, 5.41) is 0. The van der Waals surface area contributed by atoms with Gasteiger partial charge in [-0.2, -0.15) is 0 Å². The van der Waals surface area contributed by atoms with Crippen molar-refractivity contribution < 1.29 is 14.2 Å². The minimum atomic E-state index is -0.494. The van der Waals surface area contributed by atoms with Crippen molar-refractivity contribution in [2.24, 2.45) is 0 Å². The first-order chi connectivity index (χ1) is 5.08. The second-order valence-corrected chi connectivity index (χ2v) is 3.75. The van der Waals surface area contributed by atoms with Gasteiger partial charge in [0.25, 0.3) is 0 Å². The lowest BCUT2D eigenvalue weighted by Gasteiger charge is -2.19. The standard InChI is InChI=1S/C7H11ClO3/c1-7(2)10-4-3-9-6(8)5(4)11-7/h4-6H,3H2,1-2H3/t4-,5-,6-/m1/s1. The molecule has 4 heteroatoms. The molecular weight excluding hydrogens is 168 g/mol. The van der Waals surface area contributed by atoms with E-state index in [4.69, 9.17) is 25.8 Å². The summed E-state index contributed by atoms with van der Waals surface area (Å²) in [4.78, 5) is 0. The fourth-order valence-corrected chi connectivity index (χ4v) is 1.78. The van der Waals surface area contributed by atoms with E-state index in [1.165, 1.54) is 0 Å². The van der Waals surface area contributed by atoms with Gasteiger partial charge in [0, 0.05) is 0 Å². The molecule has 2 rings (SSSR count). The van der Waals surface area contributed by atoms with Gasteiger partial charge in [-0.05, 0) is 13.8 Å². The van der Waals surface area contributed by atoms with Crippen molar-refractivity contribution in [1.29, 1.82) is 0 Å². The lowest BCUT2D eigenvalue weighted by Crippen LogP contribution is -2.25. The molecule has 0 N–H and O–H groups in total. The Balaban J connectivity index is 2.10. The van der Waals surface area contributed by atoms with E-state index in [1.54, 1.807) is 0 Å². The zero-order valence-corrected chi connectivity index (χ0v) is 7.30. The van der Waals surface area contributed by atoms with Gasteiger partial charge in [-0.25, -0.2) is 0 Å². The summed E-state index contributed by atoms with van der Waals surface area (Å²) < 4.78 is 16.1. The van der Waals surface area contributed by atoms with Gasteiger partial charge in [0.1, 0.15) is 12.2 Å². The molecule has 0 saturated carbocycles. The first-order valence-corrected chi connectivity index (χ1v) is 4.13. The van der Waals surface area contributed by atoms with Crippen molar-refractivity contribution in [1.82, 2.24) is 0 Å². The van der Waals surface area contributed by atoms with Crippen LogP contribution < -0.4 is 0 Å². The predicted octanol–water partition coefficient (Wildman–Crippen LogP) is 1.10. The monoisotopic (exact) mass is 178 g/mol. The molecule has 0 unspecified atom stereocenters. The van der Waals surface area contributed by atoms with E-state index in [2.05, 4.69) is 0 Å². The molecule has 64 valence electrons. The Morgan fingerprint density at radius 1 is 1.36 bits per heavy atom. The van der Waals surface area contributed by atoms with Crippen LogP contribution in [0.4, 0.5) is 0 Å². The second-order valence-electron chi connectivity index (χ2n) is 3.32. The third kappa shape index (κ3) is 1.26. The van der Waals surface area contributed by atoms with Crippen LogP contribution in [0, 0.1) is 0 Å². The maximum absolute atomic E-state index is 5.81. The molecule has 0 aromatic rings. The van der Waals surface area contributed by atoms with Crippen molar-refractivity contribution >= 4 is 11.6 Å². The van der Waals surface area contributed by atoms with Crippen LogP contribution in [0.3, 0.4) is 0 Å². The van der Waals surface area contributed by atoms with Gasteiger partial charge in [-0.15, -0.1) is 0 Å². The highest BCUT2D eigenvalue weighted by molar-refractivity contribution is 6.20. The van der Waals surface area contributed by atoms with Gasteiger partial charge >= 0.3 is 0 Å². The van der Waals surface area contributed by atoms with Crippen molar-refractivity contribution in [3.63, 3.8) is 0 Å². The van der Waals surface area contributed by atoms with Crippen molar-refractivity contribution in [3.05, 3.63) is 0 Å². The van der Waals surface area contributed by atoms with Gasteiger partial charge in [0.2, 0.25) is 0 Å². The maximum atomic E-state index is 5.81. The molecule has 11 heavy (non-hydrogen) atoms. The van der Waals surface area contributed by atoms with Crippen LogP contribution >= 0.6 is 11.6 Å². The quantitative estimate of drug-likeness (QED) is 0.520. The summed E-state index contributed by atoms with van der Waals surface area (Å²) in [6, 6.07) is 0. The average molecular weight is 179 g/mol. The van der Waals surface area contributed by atoms with Crippen LogP contribution in [-0.4, -0.2) is 30.2 Å². The summed E-state index contributed by atoms with van der Waals surface area (Å²) >= 11 is 5.81. The minimum Gasteiger partial charge on any atom is -0.357 e. The Labute approximate surface area is 70.6 Å². The summed E-state index contributed by atoms with van der Waals surface area (Å²) in [5.41, 5.74) is -0.346. The molecule has 2 aliphatic rings. The van der Waals surface area contributed by atoms with E-state index in [9.17, 15) is 0 Å². The van der Waals surface area contributed by atoms with Crippen LogP contribution in [0.5, 0.6) is 0 Å². The Morgan fingerprint density at radius 3 is 2.73 bits per heavy atom. The third-order valence-corrected chi connectivity index (χ3v) is 2.27. The number of rotatable bonds is 0. The van der Waals surface area contributed by atoms with Crippen molar-refractivity contribution in [2.45, 2.75) is 37.4 Å². The fourth-order valence-electron chi connectivity index (χ4n) is 1.50. The number of alkyl halides is 1. The van der Waals surface area contributed by atoms with Crippen LogP contribution in [0.1, 0.15) is 13.8 Å². The van der Waals surface area contributed by atoms with Crippen molar-refractivity contribution in [3.8, 4) is 0 Å². The number of halogens is 1. The van der Waals surface area contributed by atoms with Gasteiger partial charge in [0.05, 0.1) is 6.61 Å². The minimum absolute atomic E-state index is 0.0208. The molecule has 0 radical (unpaired) electrons. The second kappa shape index (κ2) is 2.33. The molecule has 0 spiro atoms. The normalized spacial score (nSPS) is 47.7. The van der Waals surface area contributed by atoms with Gasteiger partial charge in [0.15, 0.2) is 11.4 Å². The van der Waals surface area contributed by atoms with Crippen LogP contribution in [0.15, 0.2) is 0 Å². The highest BCUT2D eigenvalue weighted by Crippen LogP contribution is 2.36. The zero-order valence-electron chi connectivity index (χ0n) is 6.54. The number of ether oxygens (including phenoxy) is 3. The third-order valence-electron chi connectivity index (χ3n) is 1.90. The van der Waals surface area contributed by atoms with E-state index in [-0.39, 0.29) is 17.8 Å². The largest absolute Gasteiger partial charge is 0.357 e. The molecule has 0 aromatic carbocycles. The summed E-state index contributed by atoms with van der Waals surface area (Å²) in [7, 11) is 0. The maximum Gasteiger partial charge on any atom is 0.164 e. The molecule has 3 nitrogen and oxygen atoms in total. The van der Waals surface area contributed by atoms with E-state index in [1.807, 2.05) is 13.8 Å². The zero-order chi connectivity index (χ0) is 8.06. The SMILES string of the molecule is CC1(C)O[C@H]2[C@H](Cl)OC[C@H]2O1. The predicted molar refractivity (Wildman–Crippen MR) is 39.4 cm³/mol. The van der Waals surface area contributed by atoms with E-state index in [0.29, 0.717) is 6.61 Å². The lowest BCUT2D eigenvalue weighted by atomic mass is 10.3. The van der Waals surface area contributed by atoms with E-state index < -0.39 is 5.79 Å². The molecule has 2 heterocycles. The number of hydrogen-bond donors (Lipinski definition) is 0. The molecule has 0 bridgehead atoms. The molecule has 2 saturated heterocycles.